The third-order valence-corrected chi connectivity index (χ3v) is 8.16. The molecule has 2 aromatic rings. The number of sulfone groups is 1. The maximum Gasteiger partial charge on any atom is 0.248 e. The molecule has 2 heterocycles. The molecule has 0 aliphatic carbocycles. The van der Waals surface area contributed by atoms with Crippen LogP contribution in [-0.4, -0.2) is 16.8 Å². The third-order valence-electron chi connectivity index (χ3n) is 1.96. The monoisotopic (exact) mass is 343 g/mol. The van der Waals surface area contributed by atoms with Gasteiger partial charge in [0, 0.05) is 0 Å². The van der Waals surface area contributed by atoms with Gasteiger partial charge >= 0.3 is 0 Å². The van der Waals surface area contributed by atoms with Crippen molar-refractivity contribution < 1.29 is 16.8 Å². The minimum atomic E-state index is -4.06. The molecule has 0 saturated heterocycles. The molecule has 2 rings (SSSR count). The van der Waals surface area contributed by atoms with Gasteiger partial charge < -0.3 is 0 Å². The first-order valence-corrected chi connectivity index (χ1v) is 9.44. The van der Waals surface area contributed by atoms with E-state index in [2.05, 4.69) is 0 Å². The first-order valence-electron chi connectivity index (χ1n) is 4.33. The fourth-order valence-electron chi connectivity index (χ4n) is 1.24. The lowest BCUT2D eigenvalue weighted by molar-refractivity contribution is 0.587. The van der Waals surface area contributed by atoms with Crippen LogP contribution < -0.4 is 5.14 Å². The summed E-state index contributed by atoms with van der Waals surface area (Å²) < 4.78 is 46.9. The standard InChI is InChI=1S/C8H6ClNO4S4/c9-6-1-2-7(16-6)17(11,12)5-3-4-15-8(5)18(10,13)14/h1-4H,(H2,10,13,14). The molecule has 2 aromatic heterocycles. The van der Waals surface area contributed by atoms with Crippen molar-refractivity contribution in [1.82, 2.24) is 0 Å². The molecular weight excluding hydrogens is 338 g/mol. The van der Waals surface area contributed by atoms with Crippen LogP contribution in [-0.2, 0) is 19.9 Å². The van der Waals surface area contributed by atoms with Crippen LogP contribution in [0.1, 0.15) is 0 Å². The second-order valence-corrected chi connectivity index (χ2v) is 9.71. The largest absolute Gasteiger partial charge is 0.248 e. The topological polar surface area (TPSA) is 94.3 Å². The zero-order valence-electron chi connectivity index (χ0n) is 8.53. The zero-order valence-corrected chi connectivity index (χ0v) is 12.6. The van der Waals surface area contributed by atoms with E-state index in [1.807, 2.05) is 0 Å². The Hall–Kier alpha value is -0.450. The van der Waals surface area contributed by atoms with E-state index in [1.54, 1.807) is 0 Å². The lowest BCUT2D eigenvalue weighted by Gasteiger charge is -2.01. The van der Waals surface area contributed by atoms with E-state index in [0.29, 0.717) is 4.34 Å². The maximum absolute atomic E-state index is 12.2. The maximum atomic E-state index is 12.2. The van der Waals surface area contributed by atoms with Crippen molar-refractivity contribution in [1.29, 1.82) is 0 Å². The van der Waals surface area contributed by atoms with E-state index in [9.17, 15) is 16.8 Å². The van der Waals surface area contributed by atoms with Crippen LogP contribution >= 0.6 is 34.3 Å². The van der Waals surface area contributed by atoms with Crippen molar-refractivity contribution in [2.75, 3.05) is 0 Å². The molecule has 10 heteroatoms. The van der Waals surface area contributed by atoms with Gasteiger partial charge in [0.2, 0.25) is 19.9 Å². The molecule has 2 N–H and O–H groups in total. The van der Waals surface area contributed by atoms with Gasteiger partial charge in [0.1, 0.15) is 9.10 Å². The third kappa shape index (κ3) is 2.46. The van der Waals surface area contributed by atoms with Crippen LogP contribution in [0.15, 0.2) is 36.9 Å². The van der Waals surface area contributed by atoms with Gasteiger partial charge in [-0.3, -0.25) is 0 Å². The predicted molar refractivity (Wildman–Crippen MR) is 70.5 cm³/mol. The molecule has 5 nitrogen and oxygen atoms in total. The van der Waals surface area contributed by atoms with Crippen molar-refractivity contribution in [3.05, 3.63) is 27.9 Å². The highest BCUT2D eigenvalue weighted by molar-refractivity contribution is 7.96. The normalized spacial score (nSPS) is 12.8. The number of nitrogens with two attached hydrogens (primary N) is 1. The van der Waals surface area contributed by atoms with Crippen LogP contribution in [0.2, 0.25) is 4.34 Å². The van der Waals surface area contributed by atoms with Gasteiger partial charge in [0.25, 0.3) is 0 Å². The summed E-state index contributed by atoms with van der Waals surface area (Å²) >= 11 is 7.29. The Morgan fingerprint density at radius 2 is 1.78 bits per heavy atom. The molecule has 0 fully saturated rings. The van der Waals surface area contributed by atoms with Crippen LogP contribution in [0.5, 0.6) is 0 Å². The highest BCUT2D eigenvalue weighted by Gasteiger charge is 2.28. The SMILES string of the molecule is NS(=O)(=O)c1sccc1S(=O)(=O)c1ccc(Cl)s1. The number of hydrogen-bond acceptors (Lipinski definition) is 6. The quantitative estimate of drug-likeness (QED) is 0.921. The molecule has 0 bridgehead atoms. The van der Waals surface area contributed by atoms with Gasteiger partial charge in [-0.1, -0.05) is 11.6 Å². The Kier molecular flexibility index (Phi) is 3.56. The van der Waals surface area contributed by atoms with E-state index < -0.39 is 19.9 Å². The number of primary sulfonamides is 1. The van der Waals surface area contributed by atoms with Crippen molar-refractivity contribution in [2.45, 2.75) is 13.3 Å². The second-order valence-electron chi connectivity index (χ2n) is 3.18. The molecule has 0 spiro atoms. The fraction of sp³-hybridized carbons (Fsp3) is 0. The zero-order chi connectivity index (χ0) is 13.6. The lowest BCUT2D eigenvalue weighted by atomic mass is 10.7. The molecule has 0 atom stereocenters. The Bertz CT molecular complexity index is 787. The summed E-state index contributed by atoms with van der Waals surface area (Å²) in [6.45, 7) is 0. The molecule has 0 radical (unpaired) electrons. The molecular formula is C8H6ClNO4S4. The van der Waals surface area contributed by atoms with Gasteiger partial charge in [0.15, 0.2) is 4.21 Å². The van der Waals surface area contributed by atoms with E-state index in [0.717, 1.165) is 22.7 Å². The van der Waals surface area contributed by atoms with Crippen LogP contribution in [0.3, 0.4) is 0 Å². The van der Waals surface area contributed by atoms with E-state index in [4.69, 9.17) is 16.7 Å². The summed E-state index contributed by atoms with van der Waals surface area (Å²) in [4.78, 5) is -0.312. The van der Waals surface area contributed by atoms with Crippen molar-refractivity contribution in [2.24, 2.45) is 5.14 Å². The summed E-state index contributed by atoms with van der Waals surface area (Å²) in [6.07, 6.45) is 0. The average molecular weight is 344 g/mol. The fourth-order valence-corrected chi connectivity index (χ4v) is 6.86. The second kappa shape index (κ2) is 4.58. The molecule has 0 aromatic carbocycles. The average Bonchev–Trinajstić information content (AvgIpc) is 2.83. The van der Waals surface area contributed by atoms with E-state index in [1.165, 1.54) is 23.6 Å². The smallest absolute Gasteiger partial charge is 0.224 e. The number of sulfonamides is 1. The Balaban J connectivity index is 2.67. The molecule has 0 unspecified atom stereocenters. The van der Waals surface area contributed by atoms with Gasteiger partial charge in [0.05, 0.1) is 4.34 Å². The minimum absolute atomic E-state index is 0.0178. The minimum Gasteiger partial charge on any atom is -0.224 e. The summed E-state index contributed by atoms with van der Waals surface area (Å²) in [5.74, 6) is 0. The van der Waals surface area contributed by atoms with Gasteiger partial charge in [-0.2, -0.15) is 0 Å². The first-order chi connectivity index (χ1) is 8.23. The summed E-state index contributed by atoms with van der Waals surface area (Å²) in [7, 11) is -7.97. The number of thiophene rings is 2. The van der Waals surface area contributed by atoms with Gasteiger partial charge in [-0.15, -0.1) is 22.7 Å². The lowest BCUT2D eigenvalue weighted by Crippen LogP contribution is -2.14. The van der Waals surface area contributed by atoms with Crippen molar-refractivity contribution in [3.8, 4) is 0 Å². The van der Waals surface area contributed by atoms with Gasteiger partial charge in [-0.05, 0) is 23.6 Å². The van der Waals surface area contributed by atoms with Gasteiger partial charge in [-0.25, -0.2) is 22.0 Å². The number of rotatable bonds is 3. The van der Waals surface area contributed by atoms with Crippen molar-refractivity contribution in [3.63, 3.8) is 0 Å². The van der Waals surface area contributed by atoms with Crippen LogP contribution in [0, 0.1) is 0 Å². The van der Waals surface area contributed by atoms with E-state index >= 15 is 0 Å². The summed E-state index contributed by atoms with van der Waals surface area (Å²) in [5.41, 5.74) is 0. The highest BCUT2D eigenvalue weighted by Crippen LogP contribution is 2.35. The number of halogens is 1. The molecule has 0 saturated carbocycles. The molecule has 98 valence electrons. The Labute approximate surface area is 117 Å². The summed E-state index contributed by atoms with van der Waals surface area (Å²) in [6, 6.07) is 3.97. The molecule has 0 aliphatic rings. The van der Waals surface area contributed by atoms with E-state index in [-0.39, 0.29) is 13.3 Å². The highest BCUT2D eigenvalue weighted by atomic mass is 35.5. The molecule has 0 amide bonds. The Morgan fingerprint density at radius 1 is 1.11 bits per heavy atom. The van der Waals surface area contributed by atoms with Crippen molar-refractivity contribution >= 4 is 54.1 Å². The predicted octanol–water partition coefficient (Wildman–Crippen LogP) is 1.94. The molecule has 0 aliphatic heterocycles. The summed E-state index contributed by atoms with van der Waals surface area (Å²) in [5, 5.41) is 6.34. The van der Waals surface area contributed by atoms with Crippen LogP contribution in [0.25, 0.3) is 0 Å². The first kappa shape index (κ1) is 14.0. The molecule has 18 heavy (non-hydrogen) atoms. The number of hydrogen-bond donors (Lipinski definition) is 1. The Morgan fingerprint density at radius 3 is 2.28 bits per heavy atom. The van der Waals surface area contributed by atoms with Crippen LogP contribution in [0.4, 0.5) is 0 Å².